The summed E-state index contributed by atoms with van der Waals surface area (Å²) in [6.07, 6.45) is -0.00344. The maximum absolute atomic E-state index is 13.8. The summed E-state index contributed by atoms with van der Waals surface area (Å²) in [4.78, 5) is 27.3. The highest BCUT2D eigenvalue weighted by atomic mass is 35.5. The fourth-order valence-corrected chi connectivity index (χ4v) is 2.98. The van der Waals surface area contributed by atoms with Crippen molar-refractivity contribution in [3.63, 3.8) is 0 Å². The summed E-state index contributed by atoms with van der Waals surface area (Å²) in [5.41, 5.74) is -0.358. The molecule has 1 aromatic rings. The first-order valence-corrected chi connectivity index (χ1v) is 7.32. The summed E-state index contributed by atoms with van der Waals surface area (Å²) in [5, 5.41) is 3.15. The summed E-state index contributed by atoms with van der Waals surface area (Å²) in [5.74, 6) is -2.65. The second-order valence-corrected chi connectivity index (χ2v) is 5.55. The van der Waals surface area contributed by atoms with Crippen molar-refractivity contribution in [2.75, 3.05) is 37.6 Å². The lowest BCUT2D eigenvalue weighted by molar-refractivity contribution is -0.136. The fraction of sp³-hybridized carbons (Fsp3) is 0.467. The van der Waals surface area contributed by atoms with Gasteiger partial charge in [0.05, 0.1) is 5.92 Å². The normalized spacial score (nSPS) is 21.3. The van der Waals surface area contributed by atoms with E-state index >= 15 is 0 Å². The third kappa shape index (κ3) is 3.45. The van der Waals surface area contributed by atoms with Gasteiger partial charge in [0.15, 0.2) is 0 Å². The van der Waals surface area contributed by atoms with E-state index in [0.29, 0.717) is 13.1 Å². The highest BCUT2D eigenvalue weighted by molar-refractivity contribution is 6.00. The third-order valence-corrected chi connectivity index (χ3v) is 4.11. The Morgan fingerprint density at radius 1 is 1.17 bits per heavy atom. The van der Waals surface area contributed by atoms with E-state index in [1.165, 1.54) is 6.07 Å². The van der Waals surface area contributed by atoms with Gasteiger partial charge in [-0.1, -0.05) is 6.07 Å². The number of amides is 2. The van der Waals surface area contributed by atoms with Crippen LogP contribution in [0, 0.1) is 17.6 Å². The number of hydrogen-bond donors (Lipinski definition) is 1. The molecular weight excluding hydrogens is 328 g/mol. The van der Waals surface area contributed by atoms with Crippen LogP contribution >= 0.6 is 12.4 Å². The van der Waals surface area contributed by atoms with E-state index in [2.05, 4.69) is 5.32 Å². The summed E-state index contributed by atoms with van der Waals surface area (Å²) in [7, 11) is 0. The number of para-hydroxylation sites is 1. The summed E-state index contributed by atoms with van der Waals surface area (Å²) in [6, 6.07) is 3.46. The quantitative estimate of drug-likeness (QED) is 0.875. The molecule has 8 heteroatoms. The van der Waals surface area contributed by atoms with Gasteiger partial charge in [0.25, 0.3) is 0 Å². The van der Waals surface area contributed by atoms with E-state index in [1.807, 2.05) is 0 Å². The van der Waals surface area contributed by atoms with Crippen LogP contribution in [0.5, 0.6) is 0 Å². The summed E-state index contributed by atoms with van der Waals surface area (Å²) in [6.45, 7) is 2.66. The monoisotopic (exact) mass is 345 g/mol. The molecule has 2 fully saturated rings. The second-order valence-electron chi connectivity index (χ2n) is 5.55. The average molecular weight is 346 g/mol. The molecule has 23 heavy (non-hydrogen) atoms. The van der Waals surface area contributed by atoms with Gasteiger partial charge >= 0.3 is 0 Å². The van der Waals surface area contributed by atoms with Crippen LogP contribution < -0.4 is 10.2 Å². The van der Waals surface area contributed by atoms with Crippen LogP contribution in [0.4, 0.5) is 14.5 Å². The molecule has 0 bridgehead atoms. The number of carbonyl (C=O) groups is 2. The Hall–Kier alpha value is -1.73. The number of nitrogens with one attached hydrogen (secondary N) is 1. The average Bonchev–Trinajstić information content (AvgIpc) is 2.89. The number of carbonyl (C=O) groups excluding carboxylic acids is 2. The van der Waals surface area contributed by atoms with Crippen LogP contribution in [0.25, 0.3) is 0 Å². The minimum Gasteiger partial charge on any atom is -0.340 e. The molecule has 1 atom stereocenters. The summed E-state index contributed by atoms with van der Waals surface area (Å²) < 4.78 is 27.6. The SMILES string of the molecule is Cl.O=C(C1CC(=O)N(c2c(F)cccc2F)C1)N1CCNCC1. The van der Waals surface area contributed by atoms with Crippen LogP contribution in [-0.2, 0) is 9.59 Å². The maximum Gasteiger partial charge on any atom is 0.228 e. The van der Waals surface area contributed by atoms with Crippen molar-refractivity contribution in [3.8, 4) is 0 Å². The summed E-state index contributed by atoms with van der Waals surface area (Å²) >= 11 is 0. The van der Waals surface area contributed by atoms with E-state index in [9.17, 15) is 18.4 Å². The van der Waals surface area contributed by atoms with E-state index in [4.69, 9.17) is 0 Å². The standard InChI is InChI=1S/C15H17F2N3O2.ClH/c16-11-2-1-3-12(17)14(11)20-9-10(8-13(20)21)15(22)19-6-4-18-5-7-19;/h1-3,10,18H,4-9H2;1H. The molecule has 0 spiro atoms. The van der Waals surface area contributed by atoms with Crippen molar-refractivity contribution in [2.45, 2.75) is 6.42 Å². The Kier molecular flexibility index (Phi) is 5.54. The van der Waals surface area contributed by atoms with Gasteiger partial charge in [0, 0.05) is 39.1 Å². The fourth-order valence-electron chi connectivity index (χ4n) is 2.98. The van der Waals surface area contributed by atoms with Gasteiger partial charge in [-0.25, -0.2) is 8.78 Å². The van der Waals surface area contributed by atoms with Crippen molar-refractivity contribution in [3.05, 3.63) is 29.8 Å². The second kappa shape index (κ2) is 7.23. The molecule has 5 nitrogen and oxygen atoms in total. The molecule has 1 unspecified atom stereocenters. The molecule has 0 aromatic heterocycles. The van der Waals surface area contributed by atoms with Gasteiger partial charge < -0.3 is 15.1 Å². The number of hydrogen-bond acceptors (Lipinski definition) is 3. The zero-order valence-electron chi connectivity index (χ0n) is 12.4. The molecule has 1 aromatic carbocycles. The molecular formula is C15H18ClF2N3O2. The lowest BCUT2D eigenvalue weighted by atomic mass is 10.1. The smallest absolute Gasteiger partial charge is 0.228 e. The number of halogens is 3. The Morgan fingerprint density at radius 2 is 1.78 bits per heavy atom. The van der Waals surface area contributed by atoms with Crippen molar-refractivity contribution < 1.29 is 18.4 Å². The van der Waals surface area contributed by atoms with Crippen molar-refractivity contribution >= 4 is 29.9 Å². The van der Waals surface area contributed by atoms with E-state index < -0.39 is 23.5 Å². The molecule has 2 aliphatic heterocycles. The molecule has 1 N–H and O–H groups in total. The molecule has 0 aliphatic carbocycles. The van der Waals surface area contributed by atoms with Crippen LogP contribution in [0.1, 0.15) is 6.42 Å². The van der Waals surface area contributed by atoms with Gasteiger partial charge in [-0.3, -0.25) is 9.59 Å². The van der Waals surface area contributed by atoms with Crippen LogP contribution in [0.2, 0.25) is 0 Å². The van der Waals surface area contributed by atoms with Crippen molar-refractivity contribution in [2.24, 2.45) is 5.92 Å². The molecule has 2 aliphatic rings. The van der Waals surface area contributed by atoms with Gasteiger partial charge in [-0.2, -0.15) is 0 Å². The maximum atomic E-state index is 13.8. The Labute approximate surface area is 139 Å². The Balaban J connectivity index is 0.00000192. The van der Waals surface area contributed by atoms with Gasteiger partial charge in [0.2, 0.25) is 11.8 Å². The largest absolute Gasteiger partial charge is 0.340 e. The van der Waals surface area contributed by atoms with Crippen LogP contribution in [-0.4, -0.2) is 49.4 Å². The molecule has 2 heterocycles. The first-order valence-electron chi connectivity index (χ1n) is 7.32. The van der Waals surface area contributed by atoms with E-state index in [0.717, 1.165) is 30.1 Å². The van der Waals surface area contributed by atoms with Crippen molar-refractivity contribution in [1.82, 2.24) is 10.2 Å². The first kappa shape index (κ1) is 17.6. The molecule has 126 valence electrons. The topological polar surface area (TPSA) is 52.7 Å². The van der Waals surface area contributed by atoms with E-state index in [-0.39, 0.29) is 37.0 Å². The van der Waals surface area contributed by atoms with Gasteiger partial charge in [0.1, 0.15) is 17.3 Å². The van der Waals surface area contributed by atoms with Gasteiger partial charge in [-0.15, -0.1) is 12.4 Å². The minimum atomic E-state index is -0.788. The number of piperazine rings is 1. The van der Waals surface area contributed by atoms with Gasteiger partial charge in [-0.05, 0) is 12.1 Å². The molecule has 0 radical (unpaired) electrons. The third-order valence-electron chi connectivity index (χ3n) is 4.11. The number of anilines is 1. The number of nitrogens with zero attached hydrogens (tertiary/aromatic N) is 2. The zero-order valence-corrected chi connectivity index (χ0v) is 13.2. The zero-order chi connectivity index (χ0) is 15.7. The molecule has 2 saturated heterocycles. The molecule has 3 rings (SSSR count). The highest BCUT2D eigenvalue weighted by Gasteiger charge is 2.39. The Morgan fingerprint density at radius 3 is 2.39 bits per heavy atom. The first-order chi connectivity index (χ1) is 10.6. The van der Waals surface area contributed by atoms with Crippen LogP contribution in [0.15, 0.2) is 18.2 Å². The lowest BCUT2D eigenvalue weighted by Gasteiger charge is -2.29. The molecule has 2 amide bonds. The lowest BCUT2D eigenvalue weighted by Crippen LogP contribution is -2.48. The van der Waals surface area contributed by atoms with E-state index in [1.54, 1.807) is 4.90 Å². The van der Waals surface area contributed by atoms with Crippen LogP contribution in [0.3, 0.4) is 0 Å². The van der Waals surface area contributed by atoms with Crippen molar-refractivity contribution in [1.29, 1.82) is 0 Å². The highest BCUT2D eigenvalue weighted by Crippen LogP contribution is 2.30. The Bertz CT molecular complexity index is 588. The predicted molar refractivity (Wildman–Crippen MR) is 83.5 cm³/mol. The minimum absolute atomic E-state index is 0. The predicted octanol–water partition coefficient (Wildman–Crippen LogP) is 1.17. The number of benzene rings is 1. The molecule has 0 saturated carbocycles. The number of rotatable bonds is 2.